The molecule has 1 aliphatic rings. The van der Waals surface area contributed by atoms with Gasteiger partial charge in [0.15, 0.2) is 5.78 Å². The van der Waals surface area contributed by atoms with Crippen molar-refractivity contribution in [1.82, 2.24) is 0 Å². The smallest absolute Gasteiger partial charge is 0.367 e. The van der Waals surface area contributed by atoms with Gasteiger partial charge in [-0.15, -0.1) is 0 Å². The van der Waals surface area contributed by atoms with E-state index < -0.39 is 11.8 Å². The van der Waals surface area contributed by atoms with Crippen LogP contribution in [-0.4, -0.2) is 18.4 Å². The van der Waals surface area contributed by atoms with Crippen LogP contribution in [0.5, 0.6) is 0 Å². The first-order chi connectivity index (χ1) is 6.66. The standard InChI is InChI=1S/C10H13FO3/c1-2-14-10(13)9(11)7-5-3-4-6-8(7)12/h2-6H2,1H3/b9-7+. The Balaban J connectivity index is 2.79. The first kappa shape index (κ1) is 10.9. The Hall–Kier alpha value is -1.19. The van der Waals surface area contributed by atoms with E-state index in [9.17, 15) is 14.0 Å². The predicted molar refractivity (Wildman–Crippen MR) is 48.2 cm³/mol. The van der Waals surface area contributed by atoms with Crippen LogP contribution in [0.25, 0.3) is 0 Å². The number of esters is 1. The summed E-state index contributed by atoms with van der Waals surface area (Å²) < 4.78 is 17.8. The average molecular weight is 200 g/mol. The molecule has 1 fully saturated rings. The normalized spacial score (nSPS) is 20.6. The maximum atomic E-state index is 13.3. The fourth-order valence-electron chi connectivity index (χ4n) is 1.43. The third-order valence-electron chi connectivity index (χ3n) is 2.14. The van der Waals surface area contributed by atoms with E-state index in [-0.39, 0.29) is 18.0 Å². The van der Waals surface area contributed by atoms with Crippen LogP contribution in [0, 0.1) is 0 Å². The third-order valence-corrected chi connectivity index (χ3v) is 2.14. The summed E-state index contributed by atoms with van der Waals surface area (Å²) in [4.78, 5) is 22.2. The largest absolute Gasteiger partial charge is 0.461 e. The number of ether oxygens (including phenoxy) is 1. The van der Waals surface area contributed by atoms with Crippen LogP contribution in [0.1, 0.15) is 32.6 Å². The zero-order valence-corrected chi connectivity index (χ0v) is 8.14. The van der Waals surface area contributed by atoms with Crippen molar-refractivity contribution in [3.8, 4) is 0 Å². The molecule has 78 valence electrons. The molecule has 4 heteroatoms. The summed E-state index contributed by atoms with van der Waals surface area (Å²) in [6.07, 6.45) is 2.22. The minimum atomic E-state index is -1.02. The molecule has 0 bridgehead atoms. The second-order valence-corrected chi connectivity index (χ2v) is 3.14. The van der Waals surface area contributed by atoms with Crippen molar-refractivity contribution in [1.29, 1.82) is 0 Å². The molecule has 1 aliphatic carbocycles. The first-order valence-electron chi connectivity index (χ1n) is 4.75. The molecule has 0 aromatic rings. The Kier molecular flexibility index (Phi) is 3.80. The number of allylic oxidation sites excluding steroid dienone is 1. The van der Waals surface area contributed by atoms with Crippen LogP contribution >= 0.6 is 0 Å². The molecule has 14 heavy (non-hydrogen) atoms. The molecule has 0 saturated heterocycles. The Morgan fingerprint density at radius 2 is 2.07 bits per heavy atom. The first-order valence-corrected chi connectivity index (χ1v) is 4.75. The summed E-state index contributed by atoms with van der Waals surface area (Å²) in [5, 5.41) is 0. The Morgan fingerprint density at radius 1 is 1.43 bits per heavy atom. The van der Waals surface area contributed by atoms with Crippen molar-refractivity contribution >= 4 is 11.8 Å². The van der Waals surface area contributed by atoms with Crippen LogP contribution in [0.15, 0.2) is 11.4 Å². The van der Waals surface area contributed by atoms with Crippen molar-refractivity contribution < 1.29 is 18.7 Å². The molecule has 0 aromatic carbocycles. The van der Waals surface area contributed by atoms with E-state index in [1.54, 1.807) is 6.92 Å². The van der Waals surface area contributed by atoms with Gasteiger partial charge in [-0.05, 0) is 26.2 Å². The van der Waals surface area contributed by atoms with Crippen molar-refractivity contribution in [3.63, 3.8) is 0 Å². The second kappa shape index (κ2) is 4.88. The summed E-state index contributed by atoms with van der Waals surface area (Å²) in [5.74, 6) is -2.28. The lowest BCUT2D eigenvalue weighted by atomic mass is 9.93. The van der Waals surface area contributed by atoms with Crippen LogP contribution in [-0.2, 0) is 14.3 Å². The molecule has 0 unspecified atom stereocenters. The zero-order chi connectivity index (χ0) is 10.6. The molecule has 0 radical (unpaired) electrons. The predicted octanol–water partition coefficient (Wildman–Crippen LogP) is 1.92. The molecule has 1 saturated carbocycles. The van der Waals surface area contributed by atoms with E-state index in [1.807, 2.05) is 0 Å². The van der Waals surface area contributed by atoms with Gasteiger partial charge in [0.1, 0.15) is 0 Å². The topological polar surface area (TPSA) is 43.4 Å². The van der Waals surface area contributed by atoms with Crippen molar-refractivity contribution in [2.45, 2.75) is 32.6 Å². The van der Waals surface area contributed by atoms with Gasteiger partial charge in [0, 0.05) is 12.0 Å². The molecule has 0 N–H and O–H groups in total. The van der Waals surface area contributed by atoms with E-state index in [0.717, 1.165) is 12.8 Å². The number of carbonyl (C=O) groups is 2. The summed E-state index contributed by atoms with van der Waals surface area (Å²) in [5.41, 5.74) is 0.00898. The van der Waals surface area contributed by atoms with Gasteiger partial charge in [-0.1, -0.05) is 0 Å². The number of hydrogen-bond donors (Lipinski definition) is 0. The van der Waals surface area contributed by atoms with Crippen LogP contribution < -0.4 is 0 Å². The Bertz CT molecular complexity index is 281. The third kappa shape index (κ3) is 2.40. The van der Waals surface area contributed by atoms with E-state index in [2.05, 4.69) is 4.74 Å². The average Bonchev–Trinajstić information content (AvgIpc) is 2.18. The quantitative estimate of drug-likeness (QED) is 0.505. The molecule has 0 aliphatic heterocycles. The van der Waals surface area contributed by atoms with E-state index >= 15 is 0 Å². The molecule has 0 spiro atoms. The van der Waals surface area contributed by atoms with Crippen molar-refractivity contribution in [3.05, 3.63) is 11.4 Å². The van der Waals surface area contributed by atoms with Crippen molar-refractivity contribution in [2.75, 3.05) is 6.61 Å². The van der Waals surface area contributed by atoms with Gasteiger partial charge in [-0.3, -0.25) is 4.79 Å². The fourth-order valence-corrected chi connectivity index (χ4v) is 1.43. The molecule has 0 amide bonds. The van der Waals surface area contributed by atoms with Crippen LogP contribution in [0.2, 0.25) is 0 Å². The lowest BCUT2D eigenvalue weighted by Crippen LogP contribution is -2.15. The Labute approximate surface area is 81.9 Å². The Morgan fingerprint density at radius 3 is 2.64 bits per heavy atom. The number of carbonyl (C=O) groups excluding carboxylic acids is 2. The lowest BCUT2D eigenvalue weighted by Gasteiger charge is -2.12. The highest BCUT2D eigenvalue weighted by Gasteiger charge is 2.24. The minimum Gasteiger partial charge on any atom is -0.461 e. The zero-order valence-electron chi connectivity index (χ0n) is 8.14. The fraction of sp³-hybridized carbons (Fsp3) is 0.600. The van der Waals surface area contributed by atoms with Gasteiger partial charge in [-0.2, -0.15) is 4.39 Å². The summed E-state index contributed by atoms with van der Waals surface area (Å²) in [6, 6.07) is 0. The van der Waals surface area contributed by atoms with Crippen LogP contribution in [0.4, 0.5) is 4.39 Å². The highest BCUT2D eigenvalue weighted by molar-refractivity contribution is 6.03. The number of ketones is 1. The monoisotopic (exact) mass is 200 g/mol. The van der Waals surface area contributed by atoms with Gasteiger partial charge in [0.05, 0.1) is 6.61 Å². The maximum Gasteiger partial charge on any atom is 0.367 e. The highest BCUT2D eigenvalue weighted by Crippen LogP contribution is 2.24. The van der Waals surface area contributed by atoms with Gasteiger partial charge in [0.2, 0.25) is 5.83 Å². The maximum absolute atomic E-state index is 13.3. The lowest BCUT2D eigenvalue weighted by molar-refractivity contribution is -0.140. The molecule has 0 heterocycles. The highest BCUT2D eigenvalue weighted by atomic mass is 19.1. The minimum absolute atomic E-state index is 0.00898. The van der Waals surface area contributed by atoms with E-state index in [1.165, 1.54) is 0 Å². The number of halogens is 1. The summed E-state index contributed by atoms with van der Waals surface area (Å²) in [7, 11) is 0. The van der Waals surface area contributed by atoms with Gasteiger partial charge in [0.25, 0.3) is 0 Å². The summed E-state index contributed by atoms with van der Waals surface area (Å²) in [6.45, 7) is 1.71. The van der Waals surface area contributed by atoms with Gasteiger partial charge in [-0.25, -0.2) is 4.79 Å². The SMILES string of the molecule is CCOC(=O)/C(F)=C1/CCCCC1=O. The van der Waals surface area contributed by atoms with Gasteiger partial charge >= 0.3 is 5.97 Å². The molecular formula is C10H13FO3. The van der Waals surface area contributed by atoms with E-state index in [0.29, 0.717) is 12.8 Å². The molecule has 1 rings (SSSR count). The molecule has 3 nitrogen and oxygen atoms in total. The molecule has 0 atom stereocenters. The second-order valence-electron chi connectivity index (χ2n) is 3.14. The number of Topliss-reactive ketones (excluding diaryl/α,β-unsaturated/α-hetero) is 1. The number of rotatable bonds is 2. The van der Waals surface area contributed by atoms with Crippen molar-refractivity contribution in [2.24, 2.45) is 0 Å². The molecule has 0 aromatic heterocycles. The number of hydrogen-bond acceptors (Lipinski definition) is 3. The van der Waals surface area contributed by atoms with E-state index in [4.69, 9.17) is 0 Å². The summed E-state index contributed by atoms with van der Waals surface area (Å²) >= 11 is 0. The van der Waals surface area contributed by atoms with Crippen LogP contribution in [0.3, 0.4) is 0 Å². The molecular weight excluding hydrogens is 187 g/mol. The van der Waals surface area contributed by atoms with Gasteiger partial charge < -0.3 is 4.74 Å².